The summed E-state index contributed by atoms with van der Waals surface area (Å²) in [7, 11) is 2.05. The van der Waals surface area contributed by atoms with Crippen LogP contribution in [0, 0.1) is 6.92 Å². The molecule has 27 heavy (non-hydrogen) atoms. The highest BCUT2D eigenvalue weighted by Crippen LogP contribution is 2.36. The number of hydrogen-bond acceptors (Lipinski definition) is 5. The normalized spacial score (nSPS) is 15.0. The molecule has 2 heterocycles. The van der Waals surface area contributed by atoms with Crippen LogP contribution in [-0.4, -0.2) is 13.0 Å². The third kappa shape index (κ3) is 4.04. The molecule has 138 valence electrons. The zero-order valence-electron chi connectivity index (χ0n) is 15.1. The average molecular weight is 397 g/mol. The zero-order chi connectivity index (χ0) is 17.9. The van der Waals surface area contributed by atoms with Gasteiger partial charge in [0.15, 0.2) is 5.82 Å². The van der Waals surface area contributed by atoms with Crippen molar-refractivity contribution in [2.24, 2.45) is 4.99 Å². The molecule has 0 atom stereocenters. The van der Waals surface area contributed by atoms with E-state index in [1.54, 1.807) is 11.8 Å². The van der Waals surface area contributed by atoms with Crippen molar-refractivity contribution in [1.29, 1.82) is 0 Å². The summed E-state index contributed by atoms with van der Waals surface area (Å²) in [5.74, 6) is 1.65. The largest absolute Gasteiger partial charge is 0.328 e. The molecule has 0 aliphatic carbocycles. The second-order valence-corrected chi connectivity index (χ2v) is 7.02. The molecule has 2 N–H and O–H groups in total. The molecule has 4 nitrogen and oxygen atoms in total. The van der Waals surface area contributed by atoms with E-state index in [0.717, 1.165) is 33.8 Å². The zero-order valence-corrected chi connectivity index (χ0v) is 16.8. The van der Waals surface area contributed by atoms with Crippen LogP contribution in [0.2, 0.25) is 0 Å². The molecule has 6 heteroatoms. The molecule has 0 saturated heterocycles. The van der Waals surface area contributed by atoms with Crippen molar-refractivity contribution in [3.63, 3.8) is 0 Å². The molecule has 0 amide bonds. The maximum Gasteiger partial charge on any atom is 0.207 e. The number of aryl methyl sites for hydroxylation is 1. The highest BCUT2D eigenvalue weighted by atomic mass is 35.5. The predicted molar refractivity (Wildman–Crippen MR) is 119 cm³/mol. The summed E-state index contributed by atoms with van der Waals surface area (Å²) < 4.78 is 0. The van der Waals surface area contributed by atoms with Crippen molar-refractivity contribution in [2.75, 3.05) is 17.3 Å². The van der Waals surface area contributed by atoms with Gasteiger partial charge in [-0.05, 0) is 42.2 Å². The molecule has 2 aliphatic heterocycles. The highest BCUT2D eigenvalue weighted by molar-refractivity contribution is 8.06. The molecular formula is C21H21ClN4S. The molecule has 0 radical (unpaired) electrons. The van der Waals surface area contributed by atoms with Gasteiger partial charge >= 0.3 is 0 Å². The van der Waals surface area contributed by atoms with E-state index in [1.807, 2.05) is 43.5 Å². The number of thioether (sulfide) groups is 1. The Kier molecular flexibility index (Phi) is 5.94. The van der Waals surface area contributed by atoms with E-state index in [1.165, 1.54) is 5.56 Å². The Balaban J connectivity index is 0.00000210. The van der Waals surface area contributed by atoms with Crippen molar-refractivity contribution < 1.29 is 0 Å². The molecule has 0 aromatic heterocycles. The maximum atomic E-state index is 4.88. The first-order valence-corrected chi connectivity index (χ1v) is 9.35. The Hall–Kier alpha value is -2.63. The van der Waals surface area contributed by atoms with Crippen LogP contribution in [0.25, 0.3) is 0 Å². The van der Waals surface area contributed by atoms with Crippen LogP contribution in [0.5, 0.6) is 0 Å². The summed E-state index contributed by atoms with van der Waals surface area (Å²) >= 11 is 1.68. The first kappa shape index (κ1) is 19.1. The van der Waals surface area contributed by atoms with Gasteiger partial charge in [0.2, 0.25) is 5.96 Å². The van der Waals surface area contributed by atoms with E-state index in [-0.39, 0.29) is 12.4 Å². The van der Waals surface area contributed by atoms with Gasteiger partial charge in [-0.3, -0.25) is 0 Å². The number of benzene rings is 2. The summed E-state index contributed by atoms with van der Waals surface area (Å²) in [5, 5.41) is 8.91. The topological polar surface area (TPSA) is 39.7 Å². The fourth-order valence-corrected chi connectivity index (χ4v) is 3.69. The summed E-state index contributed by atoms with van der Waals surface area (Å²) in [5.41, 5.74) is 4.38. The number of nitrogens with zero attached hydrogens (tertiary/aromatic N) is 2. The van der Waals surface area contributed by atoms with Crippen LogP contribution in [0.15, 0.2) is 93.6 Å². The molecule has 0 spiro atoms. The van der Waals surface area contributed by atoms with E-state index >= 15 is 0 Å². The number of fused-ring (bicyclic) bond motifs is 1. The van der Waals surface area contributed by atoms with Crippen LogP contribution in [0.3, 0.4) is 0 Å². The Bertz CT molecular complexity index is 948. The van der Waals surface area contributed by atoms with Crippen LogP contribution < -0.4 is 15.5 Å². The van der Waals surface area contributed by atoms with Gasteiger partial charge < -0.3 is 15.5 Å². The number of anilines is 2. The van der Waals surface area contributed by atoms with Crippen molar-refractivity contribution in [2.45, 2.75) is 6.92 Å². The first-order chi connectivity index (χ1) is 12.7. The third-order valence-electron chi connectivity index (χ3n) is 4.31. The Morgan fingerprint density at radius 1 is 1.04 bits per heavy atom. The SMILES string of the molecule is Cc1ccccc1NC1=NC(N(C)c2ccccc2)=C2SC=CC=C2N1.Cl. The van der Waals surface area contributed by atoms with Crippen molar-refractivity contribution in [3.05, 3.63) is 94.1 Å². The van der Waals surface area contributed by atoms with Gasteiger partial charge in [-0.1, -0.05) is 54.2 Å². The molecule has 0 saturated carbocycles. The highest BCUT2D eigenvalue weighted by Gasteiger charge is 2.24. The predicted octanol–water partition coefficient (Wildman–Crippen LogP) is 5.24. The first-order valence-electron chi connectivity index (χ1n) is 8.47. The molecule has 2 aromatic rings. The van der Waals surface area contributed by atoms with Gasteiger partial charge in [0.25, 0.3) is 0 Å². The lowest BCUT2D eigenvalue weighted by Gasteiger charge is -2.29. The second kappa shape index (κ2) is 8.37. The minimum Gasteiger partial charge on any atom is -0.328 e. The Labute approximate surface area is 170 Å². The quantitative estimate of drug-likeness (QED) is 0.744. The van der Waals surface area contributed by atoms with E-state index in [9.17, 15) is 0 Å². The van der Waals surface area contributed by atoms with Crippen LogP contribution >= 0.6 is 24.2 Å². The van der Waals surface area contributed by atoms with Crippen LogP contribution in [0.1, 0.15) is 5.56 Å². The van der Waals surface area contributed by atoms with E-state index in [0.29, 0.717) is 0 Å². The number of allylic oxidation sites excluding steroid dienone is 2. The molecule has 2 aromatic carbocycles. The number of rotatable bonds is 3. The monoisotopic (exact) mass is 396 g/mol. The van der Waals surface area contributed by atoms with E-state index < -0.39 is 0 Å². The number of nitrogens with one attached hydrogen (secondary N) is 2. The van der Waals surface area contributed by atoms with Gasteiger partial charge in [-0.2, -0.15) is 4.99 Å². The van der Waals surface area contributed by atoms with Crippen molar-refractivity contribution >= 4 is 41.5 Å². The van der Waals surface area contributed by atoms with Crippen molar-refractivity contribution in [3.8, 4) is 0 Å². The van der Waals surface area contributed by atoms with E-state index in [4.69, 9.17) is 4.99 Å². The summed E-state index contributed by atoms with van der Waals surface area (Å²) in [4.78, 5) is 8.12. The van der Waals surface area contributed by atoms with Gasteiger partial charge in [0, 0.05) is 18.4 Å². The lowest BCUT2D eigenvalue weighted by Crippen LogP contribution is -2.36. The van der Waals surface area contributed by atoms with Gasteiger partial charge in [0.1, 0.15) is 0 Å². The smallest absolute Gasteiger partial charge is 0.207 e. The van der Waals surface area contributed by atoms with Crippen LogP contribution in [-0.2, 0) is 0 Å². The Morgan fingerprint density at radius 2 is 1.78 bits per heavy atom. The van der Waals surface area contributed by atoms with Gasteiger partial charge in [-0.15, -0.1) is 12.4 Å². The average Bonchev–Trinajstić information content (AvgIpc) is 2.69. The number of aliphatic imine (C=N–C) groups is 1. The maximum absolute atomic E-state index is 4.88. The Morgan fingerprint density at radius 3 is 2.56 bits per heavy atom. The van der Waals surface area contributed by atoms with Gasteiger partial charge in [0.05, 0.1) is 10.6 Å². The fraction of sp³-hybridized carbons (Fsp3) is 0.0952. The molecule has 0 unspecified atom stereocenters. The summed E-state index contributed by atoms with van der Waals surface area (Å²) in [6, 6.07) is 18.5. The summed E-state index contributed by atoms with van der Waals surface area (Å²) in [6.07, 6.45) is 4.13. The minimum absolute atomic E-state index is 0. The van der Waals surface area contributed by atoms with E-state index in [2.05, 4.69) is 58.2 Å². The third-order valence-corrected chi connectivity index (χ3v) is 5.24. The molecule has 0 bridgehead atoms. The van der Waals surface area contributed by atoms with Crippen molar-refractivity contribution in [1.82, 2.24) is 5.32 Å². The molecule has 2 aliphatic rings. The fourth-order valence-electron chi connectivity index (χ4n) is 2.87. The molecule has 4 rings (SSSR count). The lowest BCUT2D eigenvalue weighted by atomic mass is 10.2. The standard InChI is InChI=1S/C21H20N4S.ClH/c1-15-9-6-7-12-17(15)22-21-23-18-13-8-14-26-19(18)20(24-21)25(2)16-10-4-3-5-11-16;/h3-14H,1-2H3,(H2,22,23,24);1H. The molecular weight excluding hydrogens is 376 g/mol. The number of hydrogen-bond donors (Lipinski definition) is 2. The summed E-state index contributed by atoms with van der Waals surface area (Å²) in [6.45, 7) is 2.09. The van der Waals surface area contributed by atoms with Crippen LogP contribution in [0.4, 0.5) is 11.4 Å². The second-order valence-electron chi connectivity index (χ2n) is 6.10. The number of halogens is 1. The number of guanidine groups is 1. The lowest BCUT2D eigenvalue weighted by molar-refractivity contribution is 0.987. The van der Waals surface area contributed by atoms with Gasteiger partial charge in [-0.25, -0.2) is 0 Å². The number of para-hydroxylation sites is 2. The minimum atomic E-state index is 0. The molecule has 0 fully saturated rings.